The number of aromatic nitrogens is 1. The second kappa shape index (κ2) is 9.64. The average Bonchev–Trinajstić information content (AvgIpc) is 2.74. The lowest BCUT2D eigenvalue weighted by Gasteiger charge is -2.22. The van der Waals surface area contributed by atoms with Gasteiger partial charge in [-0.1, -0.05) is 36.4 Å². The third-order valence-electron chi connectivity index (χ3n) is 4.06. The number of carbonyl (C=O) groups is 1. The van der Waals surface area contributed by atoms with Crippen LogP contribution in [0.3, 0.4) is 0 Å². The normalized spacial score (nSPS) is 10.6. The monoisotopic (exact) mass is 398 g/mol. The number of alkyl halides is 2. The van der Waals surface area contributed by atoms with E-state index in [4.69, 9.17) is 4.74 Å². The molecule has 1 amide bonds. The highest BCUT2D eigenvalue weighted by atomic mass is 19.3. The Bertz CT molecular complexity index is 937. The van der Waals surface area contributed by atoms with E-state index in [1.54, 1.807) is 31.3 Å². The molecule has 3 rings (SSSR count). The number of carbonyl (C=O) groups excluding carboxylic acids is 1. The highest BCUT2D eigenvalue weighted by Crippen LogP contribution is 2.31. The van der Waals surface area contributed by atoms with Gasteiger partial charge in [0, 0.05) is 11.8 Å². The van der Waals surface area contributed by atoms with E-state index in [2.05, 4.69) is 9.72 Å². The van der Waals surface area contributed by atoms with Crippen LogP contribution in [0.1, 0.15) is 22.8 Å². The molecule has 0 spiro atoms. The summed E-state index contributed by atoms with van der Waals surface area (Å²) in [6.07, 6.45) is 1.60. The van der Waals surface area contributed by atoms with Crippen molar-refractivity contribution >= 4 is 11.7 Å². The summed E-state index contributed by atoms with van der Waals surface area (Å²) in [6, 6.07) is 18.9. The molecular weight excluding hydrogens is 378 g/mol. The van der Waals surface area contributed by atoms with Crippen molar-refractivity contribution in [2.75, 3.05) is 11.5 Å². The van der Waals surface area contributed by atoms with Crippen LogP contribution in [0, 0.1) is 0 Å². The molecule has 0 aliphatic carbocycles. The van der Waals surface area contributed by atoms with Gasteiger partial charge in [-0.2, -0.15) is 8.78 Å². The van der Waals surface area contributed by atoms with Crippen LogP contribution in [0.4, 0.5) is 14.6 Å². The Morgan fingerprint density at radius 1 is 1.03 bits per heavy atom. The van der Waals surface area contributed by atoms with Crippen molar-refractivity contribution in [3.8, 4) is 11.5 Å². The highest BCUT2D eigenvalue weighted by molar-refractivity contribution is 6.05. The molecule has 150 valence electrons. The first-order chi connectivity index (χ1) is 14.1. The first-order valence-corrected chi connectivity index (χ1v) is 9.07. The van der Waals surface area contributed by atoms with Crippen molar-refractivity contribution in [1.29, 1.82) is 0 Å². The number of amides is 1. The number of pyridine rings is 1. The van der Waals surface area contributed by atoms with Crippen molar-refractivity contribution in [1.82, 2.24) is 4.98 Å². The molecule has 7 heteroatoms. The molecule has 0 N–H and O–H groups in total. The summed E-state index contributed by atoms with van der Waals surface area (Å²) in [6.45, 7) is -0.726. The molecule has 0 radical (unpaired) electrons. The number of rotatable bonds is 8. The van der Waals surface area contributed by atoms with Crippen LogP contribution < -0.4 is 14.4 Å². The van der Waals surface area contributed by atoms with Gasteiger partial charge in [0.05, 0.1) is 13.2 Å². The standard InChI is InChI=1S/C22H20F2N2O3/c1-2-28-19-14-17(11-12-18(19)29-22(23)24)21(27)26(20-10-6-7-13-25-20)15-16-8-4-3-5-9-16/h3-14,22H,2,15H2,1H3. The first-order valence-electron chi connectivity index (χ1n) is 9.07. The molecule has 1 heterocycles. The summed E-state index contributed by atoms with van der Waals surface area (Å²) in [5.41, 5.74) is 1.20. The smallest absolute Gasteiger partial charge is 0.387 e. The van der Waals surface area contributed by atoms with E-state index in [1.807, 2.05) is 30.3 Å². The predicted molar refractivity (Wildman–Crippen MR) is 105 cm³/mol. The topological polar surface area (TPSA) is 51.7 Å². The highest BCUT2D eigenvalue weighted by Gasteiger charge is 2.21. The molecule has 0 atom stereocenters. The number of halogens is 2. The zero-order chi connectivity index (χ0) is 20.6. The zero-order valence-corrected chi connectivity index (χ0v) is 15.8. The van der Waals surface area contributed by atoms with E-state index in [1.165, 1.54) is 23.1 Å². The van der Waals surface area contributed by atoms with Crippen molar-refractivity contribution in [3.63, 3.8) is 0 Å². The van der Waals surface area contributed by atoms with Gasteiger partial charge < -0.3 is 9.47 Å². The van der Waals surface area contributed by atoms with Crippen LogP contribution >= 0.6 is 0 Å². The number of nitrogens with zero attached hydrogens (tertiary/aromatic N) is 2. The SMILES string of the molecule is CCOc1cc(C(=O)N(Cc2ccccc2)c2ccccn2)ccc1OC(F)F. The molecule has 0 aliphatic heterocycles. The Morgan fingerprint density at radius 3 is 2.45 bits per heavy atom. The van der Waals surface area contributed by atoms with Crippen molar-refractivity contribution < 1.29 is 23.0 Å². The molecule has 1 aromatic heterocycles. The van der Waals surface area contributed by atoms with Crippen LogP contribution in [-0.2, 0) is 6.54 Å². The maximum Gasteiger partial charge on any atom is 0.387 e. The Labute approximate surface area is 167 Å². The summed E-state index contributed by atoms with van der Waals surface area (Å²) in [7, 11) is 0. The van der Waals surface area contributed by atoms with Gasteiger partial charge in [-0.3, -0.25) is 9.69 Å². The summed E-state index contributed by atoms with van der Waals surface area (Å²) >= 11 is 0. The van der Waals surface area contributed by atoms with Crippen molar-refractivity contribution in [2.24, 2.45) is 0 Å². The van der Waals surface area contributed by atoms with Gasteiger partial charge >= 0.3 is 6.61 Å². The molecule has 2 aromatic carbocycles. The van der Waals surface area contributed by atoms with Gasteiger partial charge in [-0.15, -0.1) is 0 Å². The third-order valence-corrected chi connectivity index (χ3v) is 4.06. The van der Waals surface area contributed by atoms with Gasteiger partial charge in [-0.05, 0) is 42.8 Å². The summed E-state index contributed by atoms with van der Waals surface area (Å²) in [5, 5.41) is 0. The van der Waals surface area contributed by atoms with Crippen molar-refractivity contribution in [2.45, 2.75) is 20.1 Å². The second-order valence-electron chi connectivity index (χ2n) is 6.04. The van der Waals surface area contributed by atoms with Gasteiger partial charge in [0.1, 0.15) is 5.82 Å². The van der Waals surface area contributed by atoms with Crippen LogP contribution in [-0.4, -0.2) is 24.1 Å². The molecule has 0 saturated heterocycles. The minimum Gasteiger partial charge on any atom is -0.490 e. The van der Waals surface area contributed by atoms with E-state index in [-0.39, 0.29) is 29.6 Å². The van der Waals surface area contributed by atoms with Gasteiger partial charge in [0.2, 0.25) is 0 Å². The van der Waals surface area contributed by atoms with E-state index >= 15 is 0 Å². The van der Waals surface area contributed by atoms with Gasteiger partial charge in [-0.25, -0.2) is 4.98 Å². The fourth-order valence-electron chi connectivity index (χ4n) is 2.79. The lowest BCUT2D eigenvalue weighted by atomic mass is 10.1. The maximum absolute atomic E-state index is 13.3. The maximum atomic E-state index is 13.3. The Morgan fingerprint density at radius 2 is 1.79 bits per heavy atom. The molecule has 0 fully saturated rings. The Hall–Kier alpha value is -3.48. The number of hydrogen-bond acceptors (Lipinski definition) is 4. The fourth-order valence-corrected chi connectivity index (χ4v) is 2.79. The van der Waals surface area contributed by atoms with Crippen LogP contribution in [0.25, 0.3) is 0 Å². The molecular formula is C22H20F2N2O3. The molecule has 0 unspecified atom stereocenters. The van der Waals surface area contributed by atoms with E-state index in [0.717, 1.165) is 5.56 Å². The molecule has 5 nitrogen and oxygen atoms in total. The molecule has 0 aliphatic rings. The third kappa shape index (κ3) is 5.28. The first kappa shape index (κ1) is 20.3. The minimum atomic E-state index is -2.99. The number of benzene rings is 2. The largest absolute Gasteiger partial charge is 0.490 e. The molecule has 0 bridgehead atoms. The molecule has 29 heavy (non-hydrogen) atoms. The molecule has 3 aromatic rings. The van der Waals surface area contributed by atoms with E-state index < -0.39 is 6.61 Å². The number of ether oxygens (including phenoxy) is 2. The quantitative estimate of drug-likeness (QED) is 0.540. The Balaban J connectivity index is 1.95. The summed E-state index contributed by atoms with van der Waals surface area (Å²) in [4.78, 5) is 19.1. The van der Waals surface area contributed by atoms with Gasteiger partial charge in [0.15, 0.2) is 11.5 Å². The molecule has 0 saturated carbocycles. The second-order valence-corrected chi connectivity index (χ2v) is 6.04. The fraction of sp³-hybridized carbons (Fsp3) is 0.182. The lowest BCUT2D eigenvalue weighted by molar-refractivity contribution is -0.0514. The Kier molecular flexibility index (Phi) is 6.73. The van der Waals surface area contributed by atoms with Crippen LogP contribution in [0.2, 0.25) is 0 Å². The minimum absolute atomic E-state index is 0.0827. The van der Waals surface area contributed by atoms with Crippen LogP contribution in [0.5, 0.6) is 11.5 Å². The van der Waals surface area contributed by atoms with E-state index in [0.29, 0.717) is 12.4 Å². The van der Waals surface area contributed by atoms with Crippen LogP contribution in [0.15, 0.2) is 72.9 Å². The van der Waals surface area contributed by atoms with E-state index in [9.17, 15) is 13.6 Å². The van der Waals surface area contributed by atoms with Gasteiger partial charge in [0.25, 0.3) is 5.91 Å². The zero-order valence-electron chi connectivity index (χ0n) is 15.8. The summed E-state index contributed by atoms with van der Waals surface area (Å²) < 4.78 is 35.1. The number of hydrogen-bond donors (Lipinski definition) is 0. The van der Waals surface area contributed by atoms with Crippen molar-refractivity contribution in [3.05, 3.63) is 84.1 Å². The summed E-state index contributed by atoms with van der Waals surface area (Å²) in [5.74, 6) is 0.106. The average molecular weight is 398 g/mol. The number of anilines is 1. The lowest BCUT2D eigenvalue weighted by Crippen LogP contribution is -2.31. The predicted octanol–water partition coefficient (Wildman–Crippen LogP) is 4.93.